The molecule has 2 aromatic rings. The minimum absolute atomic E-state index is 0.0124. The molecule has 23 heavy (non-hydrogen) atoms. The Kier molecular flexibility index (Phi) is 2.64. The quantitative estimate of drug-likeness (QED) is 0.789. The molecule has 0 saturated heterocycles. The van der Waals surface area contributed by atoms with E-state index in [0.29, 0.717) is 0 Å². The third kappa shape index (κ3) is 1.46. The second kappa shape index (κ2) is 4.13. The number of para-hydroxylation sites is 1. The number of aromatic nitrogens is 2. The van der Waals surface area contributed by atoms with Crippen LogP contribution in [0.4, 0.5) is 8.78 Å². The van der Waals surface area contributed by atoms with E-state index in [1.807, 2.05) is 0 Å². The number of hydrogen-bond donors (Lipinski definition) is 0. The molecule has 2 aliphatic carbocycles. The molecule has 0 spiro atoms. The van der Waals surface area contributed by atoms with E-state index in [4.69, 9.17) is 0 Å². The number of halogens is 2. The van der Waals surface area contributed by atoms with Gasteiger partial charge in [0.25, 0.3) is 5.56 Å². The summed E-state index contributed by atoms with van der Waals surface area (Å²) in [6.45, 7) is 6.55. The molecule has 1 fully saturated rings. The van der Waals surface area contributed by atoms with E-state index in [1.54, 1.807) is 11.7 Å². The minimum Gasteiger partial charge on any atom is -0.284 e. The molecule has 4 rings (SSSR count). The number of hydrogen-bond acceptors (Lipinski definition) is 1. The second-order valence-corrected chi connectivity index (χ2v) is 7.62. The lowest BCUT2D eigenvalue weighted by Crippen LogP contribution is -2.35. The number of fused-ring (bicyclic) bond motifs is 5. The van der Waals surface area contributed by atoms with Crippen LogP contribution in [0.15, 0.2) is 23.0 Å². The summed E-state index contributed by atoms with van der Waals surface area (Å²) in [7, 11) is 1.73. The largest absolute Gasteiger partial charge is 0.284 e. The van der Waals surface area contributed by atoms with Crippen molar-refractivity contribution in [3.8, 4) is 5.69 Å². The maximum absolute atomic E-state index is 14.2. The van der Waals surface area contributed by atoms with E-state index in [0.717, 1.165) is 24.1 Å². The number of nitrogens with zero attached hydrogens (tertiary/aromatic N) is 2. The Hall–Kier alpha value is -1.91. The molecule has 0 N–H and O–H groups in total. The molecule has 2 bridgehead atoms. The summed E-state index contributed by atoms with van der Waals surface area (Å²) in [5.41, 5.74) is 0.957. The first kappa shape index (κ1) is 14.7. The molecule has 0 amide bonds. The van der Waals surface area contributed by atoms with E-state index in [1.165, 1.54) is 22.9 Å². The molecular weight excluding hydrogens is 298 g/mol. The van der Waals surface area contributed by atoms with Crippen LogP contribution >= 0.6 is 0 Å². The Morgan fingerprint density at radius 3 is 2.35 bits per heavy atom. The van der Waals surface area contributed by atoms with Gasteiger partial charge in [0.05, 0.1) is 5.69 Å². The maximum Gasteiger partial charge on any atom is 0.275 e. The van der Waals surface area contributed by atoms with Gasteiger partial charge < -0.3 is 0 Å². The topological polar surface area (TPSA) is 26.9 Å². The van der Waals surface area contributed by atoms with Crippen molar-refractivity contribution in [2.24, 2.45) is 12.5 Å². The molecule has 0 radical (unpaired) electrons. The smallest absolute Gasteiger partial charge is 0.275 e. The van der Waals surface area contributed by atoms with Gasteiger partial charge in [-0.25, -0.2) is 13.5 Å². The van der Waals surface area contributed by atoms with Crippen LogP contribution in [0.5, 0.6) is 0 Å². The fourth-order valence-electron chi connectivity index (χ4n) is 4.97. The lowest BCUT2D eigenvalue weighted by atomic mass is 9.70. The zero-order valence-corrected chi connectivity index (χ0v) is 13.8. The van der Waals surface area contributed by atoms with Gasteiger partial charge >= 0.3 is 0 Å². The highest BCUT2D eigenvalue weighted by molar-refractivity contribution is 5.47. The molecule has 2 atom stereocenters. The molecule has 5 heteroatoms. The summed E-state index contributed by atoms with van der Waals surface area (Å²) in [5.74, 6) is -1.29. The number of rotatable bonds is 1. The van der Waals surface area contributed by atoms with Gasteiger partial charge in [-0.05, 0) is 36.3 Å². The summed E-state index contributed by atoms with van der Waals surface area (Å²) in [5, 5.41) is 0. The third-order valence-electron chi connectivity index (χ3n) is 6.55. The molecule has 0 aliphatic heterocycles. The standard InChI is InChI=1S/C18H20F2N2O/c1-17(2)10-8-9-18(17,3)15-13(10)16(23)22(21(15)4)14-11(19)6-5-7-12(14)20/h5-7,10H,8-9H2,1-4H3/t10-,18+/m1/s1. The zero-order valence-electron chi connectivity index (χ0n) is 13.8. The normalized spacial score (nSPS) is 27.5. The van der Waals surface area contributed by atoms with Crippen molar-refractivity contribution < 1.29 is 8.78 Å². The van der Waals surface area contributed by atoms with Crippen molar-refractivity contribution in [3.05, 3.63) is 51.4 Å². The van der Waals surface area contributed by atoms with Crippen molar-refractivity contribution in [1.29, 1.82) is 0 Å². The Labute approximate surface area is 133 Å². The van der Waals surface area contributed by atoms with E-state index in [9.17, 15) is 13.6 Å². The average molecular weight is 318 g/mol. The molecule has 122 valence electrons. The number of benzene rings is 1. The Balaban J connectivity index is 2.08. The van der Waals surface area contributed by atoms with Gasteiger partial charge in [0.1, 0.15) is 5.69 Å². The second-order valence-electron chi connectivity index (χ2n) is 7.62. The van der Waals surface area contributed by atoms with Crippen LogP contribution in [-0.2, 0) is 12.5 Å². The van der Waals surface area contributed by atoms with E-state index >= 15 is 0 Å². The molecule has 1 heterocycles. The molecule has 2 aliphatic rings. The van der Waals surface area contributed by atoms with Gasteiger partial charge in [0.2, 0.25) is 0 Å². The fourth-order valence-corrected chi connectivity index (χ4v) is 4.97. The van der Waals surface area contributed by atoms with Crippen LogP contribution in [0.25, 0.3) is 5.69 Å². The predicted molar refractivity (Wildman–Crippen MR) is 84.0 cm³/mol. The Morgan fingerprint density at radius 2 is 1.78 bits per heavy atom. The molecule has 0 unspecified atom stereocenters. The van der Waals surface area contributed by atoms with Gasteiger partial charge in [-0.2, -0.15) is 0 Å². The van der Waals surface area contributed by atoms with E-state index < -0.39 is 11.6 Å². The van der Waals surface area contributed by atoms with Crippen LogP contribution in [0.2, 0.25) is 0 Å². The average Bonchev–Trinajstić information content (AvgIpc) is 2.93. The van der Waals surface area contributed by atoms with Gasteiger partial charge in [-0.1, -0.05) is 26.8 Å². The lowest BCUT2D eigenvalue weighted by Gasteiger charge is -2.36. The predicted octanol–water partition coefficient (Wildman–Crippen LogP) is 3.63. The third-order valence-corrected chi connectivity index (χ3v) is 6.55. The summed E-state index contributed by atoms with van der Waals surface area (Å²) in [4.78, 5) is 13.0. The van der Waals surface area contributed by atoms with Crippen molar-refractivity contribution in [2.45, 2.75) is 44.9 Å². The first-order valence-electron chi connectivity index (χ1n) is 7.98. The van der Waals surface area contributed by atoms with E-state index in [2.05, 4.69) is 20.8 Å². The molecule has 1 aromatic carbocycles. The van der Waals surface area contributed by atoms with Crippen molar-refractivity contribution >= 4 is 0 Å². The SMILES string of the molecule is Cn1c2c(c(=O)n1-c1c(F)cccc1F)[C@H]1CC[C@]2(C)C1(C)C. The summed E-state index contributed by atoms with van der Waals surface area (Å²) in [6, 6.07) is 3.68. The first-order chi connectivity index (χ1) is 10.7. The molecule has 3 nitrogen and oxygen atoms in total. The highest BCUT2D eigenvalue weighted by Gasteiger charge is 2.62. The van der Waals surface area contributed by atoms with Crippen molar-refractivity contribution in [1.82, 2.24) is 9.36 Å². The summed E-state index contributed by atoms with van der Waals surface area (Å²) < 4.78 is 31.2. The zero-order chi connectivity index (χ0) is 16.7. The summed E-state index contributed by atoms with van der Waals surface area (Å²) >= 11 is 0. The minimum atomic E-state index is -0.719. The fraction of sp³-hybridized carbons (Fsp3) is 0.500. The monoisotopic (exact) mass is 318 g/mol. The van der Waals surface area contributed by atoms with Crippen molar-refractivity contribution in [2.75, 3.05) is 0 Å². The Morgan fingerprint density at radius 1 is 1.17 bits per heavy atom. The molecular formula is C18H20F2N2O. The van der Waals surface area contributed by atoms with Gasteiger partial charge in [0.15, 0.2) is 11.6 Å². The van der Waals surface area contributed by atoms with Gasteiger partial charge in [-0.3, -0.25) is 9.48 Å². The Bertz CT molecular complexity index is 873. The van der Waals surface area contributed by atoms with Crippen LogP contribution in [-0.4, -0.2) is 9.36 Å². The van der Waals surface area contributed by atoms with E-state index in [-0.39, 0.29) is 28.0 Å². The highest BCUT2D eigenvalue weighted by atomic mass is 19.1. The van der Waals surface area contributed by atoms with Gasteiger partial charge in [-0.15, -0.1) is 0 Å². The van der Waals surface area contributed by atoms with Crippen LogP contribution in [0, 0.1) is 17.0 Å². The van der Waals surface area contributed by atoms with Crippen LogP contribution in [0.1, 0.15) is 50.8 Å². The van der Waals surface area contributed by atoms with Crippen LogP contribution < -0.4 is 5.56 Å². The van der Waals surface area contributed by atoms with Gasteiger partial charge in [0, 0.05) is 18.0 Å². The first-order valence-corrected chi connectivity index (χ1v) is 7.98. The molecule has 1 saturated carbocycles. The summed E-state index contributed by atoms with van der Waals surface area (Å²) in [6.07, 6.45) is 1.95. The van der Waals surface area contributed by atoms with Crippen LogP contribution in [0.3, 0.4) is 0 Å². The maximum atomic E-state index is 14.2. The van der Waals surface area contributed by atoms with Crippen molar-refractivity contribution in [3.63, 3.8) is 0 Å². The highest BCUT2D eigenvalue weighted by Crippen LogP contribution is 2.66. The lowest BCUT2D eigenvalue weighted by molar-refractivity contribution is 0.217. The molecule has 1 aromatic heterocycles.